The van der Waals surface area contributed by atoms with E-state index < -0.39 is 24.8 Å². The fourth-order valence-corrected chi connectivity index (χ4v) is 3.15. The van der Waals surface area contributed by atoms with Gasteiger partial charge in [-0.25, -0.2) is 9.59 Å². The van der Waals surface area contributed by atoms with E-state index in [4.69, 9.17) is 14.6 Å². The van der Waals surface area contributed by atoms with Crippen LogP contribution in [-0.2, 0) is 14.3 Å². The normalized spacial score (nSPS) is 13.6. The van der Waals surface area contributed by atoms with E-state index in [9.17, 15) is 9.59 Å². The van der Waals surface area contributed by atoms with Gasteiger partial charge >= 0.3 is 12.1 Å². The van der Waals surface area contributed by atoms with Crippen LogP contribution in [0.25, 0.3) is 11.1 Å². The second-order valence-electron chi connectivity index (χ2n) is 6.22. The molecule has 0 radical (unpaired) electrons. The van der Waals surface area contributed by atoms with Crippen LogP contribution in [-0.4, -0.2) is 43.0 Å². The molecule has 0 unspecified atom stereocenters. The van der Waals surface area contributed by atoms with Gasteiger partial charge in [-0.05, 0) is 29.2 Å². The number of benzene rings is 2. The van der Waals surface area contributed by atoms with Gasteiger partial charge in [-0.1, -0.05) is 48.5 Å². The van der Waals surface area contributed by atoms with Crippen LogP contribution in [0.2, 0.25) is 0 Å². The molecule has 0 fully saturated rings. The summed E-state index contributed by atoms with van der Waals surface area (Å²) in [5.41, 5.74) is 4.65. The molecule has 0 aromatic heterocycles. The van der Waals surface area contributed by atoms with Crippen LogP contribution in [0.15, 0.2) is 48.5 Å². The van der Waals surface area contributed by atoms with Crippen molar-refractivity contribution in [3.8, 4) is 11.1 Å². The van der Waals surface area contributed by atoms with Gasteiger partial charge in [0.05, 0.1) is 6.10 Å². The maximum absolute atomic E-state index is 12.0. The van der Waals surface area contributed by atoms with Gasteiger partial charge < -0.3 is 19.9 Å². The standard InChI is InChI=1S/C20H21NO5/c1-13(25-12-19(22)23)10-21-20(24)26-11-18-16-8-4-2-6-14(16)15-7-3-5-9-17(15)18/h2-9,13,18H,10-12H2,1H3,(H,21,24)(H,22,23)/t13-/m1/s1. The highest BCUT2D eigenvalue weighted by Crippen LogP contribution is 2.44. The maximum Gasteiger partial charge on any atom is 0.407 e. The molecule has 0 saturated carbocycles. The molecule has 1 amide bonds. The number of fused-ring (bicyclic) bond motifs is 3. The third-order valence-electron chi connectivity index (χ3n) is 4.37. The number of carboxylic acid groups (broad SMARTS) is 1. The Balaban J connectivity index is 1.56. The van der Waals surface area contributed by atoms with Crippen molar-refractivity contribution in [2.75, 3.05) is 19.8 Å². The molecule has 2 aromatic carbocycles. The molecule has 6 heteroatoms. The highest BCUT2D eigenvalue weighted by molar-refractivity contribution is 5.79. The second kappa shape index (κ2) is 8.01. The van der Waals surface area contributed by atoms with Gasteiger partial charge in [0.1, 0.15) is 13.2 Å². The lowest BCUT2D eigenvalue weighted by molar-refractivity contribution is -0.143. The fourth-order valence-electron chi connectivity index (χ4n) is 3.15. The van der Waals surface area contributed by atoms with Crippen molar-refractivity contribution < 1.29 is 24.2 Å². The summed E-state index contributed by atoms with van der Waals surface area (Å²) < 4.78 is 10.4. The van der Waals surface area contributed by atoms with Gasteiger partial charge in [-0.15, -0.1) is 0 Å². The molecule has 2 aromatic rings. The molecule has 0 saturated heterocycles. The number of carboxylic acids is 1. The molecule has 0 aliphatic heterocycles. The first-order valence-corrected chi connectivity index (χ1v) is 8.48. The number of alkyl carbamates (subject to hydrolysis) is 1. The molecule has 2 N–H and O–H groups in total. The molecule has 6 nitrogen and oxygen atoms in total. The van der Waals surface area contributed by atoms with Gasteiger partial charge in [-0.2, -0.15) is 0 Å². The van der Waals surface area contributed by atoms with Gasteiger partial charge in [-0.3, -0.25) is 0 Å². The first kappa shape index (κ1) is 17.9. The number of carbonyl (C=O) groups is 2. The molecule has 1 aliphatic rings. The van der Waals surface area contributed by atoms with E-state index in [1.165, 1.54) is 11.1 Å². The van der Waals surface area contributed by atoms with E-state index in [-0.39, 0.29) is 19.1 Å². The largest absolute Gasteiger partial charge is 0.480 e. The molecule has 26 heavy (non-hydrogen) atoms. The number of rotatable bonds is 7. The maximum atomic E-state index is 12.0. The van der Waals surface area contributed by atoms with E-state index in [0.717, 1.165) is 11.1 Å². The molecular formula is C20H21NO5. The smallest absolute Gasteiger partial charge is 0.407 e. The average molecular weight is 355 g/mol. The number of ether oxygens (including phenoxy) is 2. The van der Waals surface area contributed by atoms with Crippen LogP contribution >= 0.6 is 0 Å². The third kappa shape index (κ3) is 4.03. The molecule has 0 spiro atoms. The summed E-state index contributed by atoms with van der Waals surface area (Å²) in [6.07, 6.45) is -0.954. The van der Waals surface area contributed by atoms with Crippen molar-refractivity contribution in [3.63, 3.8) is 0 Å². The number of hydrogen-bond donors (Lipinski definition) is 2. The number of nitrogens with one attached hydrogen (secondary N) is 1. The zero-order valence-corrected chi connectivity index (χ0v) is 14.5. The highest BCUT2D eigenvalue weighted by Gasteiger charge is 2.28. The summed E-state index contributed by atoms with van der Waals surface area (Å²) >= 11 is 0. The van der Waals surface area contributed by atoms with Crippen molar-refractivity contribution >= 4 is 12.1 Å². The molecule has 1 atom stereocenters. The molecular weight excluding hydrogens is 334 g/mol. The quantitative estimate of drug-likeness (QED) is 0.797. The molecule has 1 aliphatic carbocycles. The molecule has 0 heterocycles. The predicted octanol–water partition coefficient (Wildman–Crippen LogP) is 3.01. The van der Waals surface area contributed by atoms with E-state index in [1.54, 1.807) is 6.92 Å². The van der Waals surface area contributed by atoms with Crippen molar-refractivity contribution in [3.05, 3.63) is 59.7 Å². The molecule has 3 rings (SSSR count). The van der Waals surface area contributed by atoms with Crippen molar-refractivity contribution in [1.29, 1.82) is 0 Å². The Morgan fingerprint density at radius 3 is 2.23 bits per heavy atom. The van der Waals surface area contributed by atoms with Crippen molar-refractivity contribution in [1.82, 2.24) is 5.32 Å². The number of aliphatic carboxylic acids is 1. The van der Waals surface area contributed by atoms with E-state index in [0.29, 0.717) is 0 Å². The van der Waals surface area contributed by atoms with E-state index in [2.05, 4.69) is 29.6 Å². The average Bonchev–Trinajstić information content (AvgIpc) is 2.97. The van der Waals surface area contributed by atoms with Crippen molar-refractivity contribution in [2.45, 2.75) is 18.9 Å². The van der Waals surface area contributed by atoms with Gasteiger partial charge in [0.25, 0.3) is 0 Å². The summed E-state index contributed by atoms with van der Waals surface area (Å²) in [6.45, 7) is 1.72. The lowest BCUT2D eigenvalue weighted by Crippen LogP contribution is -2.34. The topological polar surface area (TPSA) is 84.9 Å². The Morgan fingerprint density at radius 1 is 1.08 bits per heavy atom. The van der Waals surface area contributed by atoms with E-state index in [1.807, 2.05) is 24.3 Å². The SMILES string of the molecule is C[C@H](CNC(=O)OCC1c2ccccc2-c2ccccc21)OCC(=O)O. The molecule has 136 valence electrons. The summed E-state index contributed by atoms with van der Waals surface area (Å²) in [5, 5.41) is 11.2. The summed E-state index contributed by atoms with van der Waals surface area (Å²) in [4.78, 5) is 22.4. The number of carbonyl (C=O) groups excluding carboxylic acids is 1. The van der Waals surface area contributed by atoms with Crippen LogP contribution in [0.4, 0.5) is 4.79 Å². The monoisotopic (exact) mass is 355 g/mol. The summed E-state index contributed by atoms with van der Waals surface area (Å²) in [7, 11) is 0. The zero-order valence-electron chi connectivity index (χ0n) is 14.5. The van der Waals surface area contributed by atoms with Crippen LogP contribution in [0, 0.1) is 0 Å². The van der Waals surface area contributed by atoms with Crippen LogP contribution in [0.5, 0.6) is 0 Å². The van der Waals surface area contributed by atoms with E-state index >= 15 is 0 Å². The lowest BCUT2D eigenvalue weighted by Gasteiger charge is -2.16. The second-order valence-corrected chi connectivity index (χ2v) is 6.22. The Kier molecular flexibility index (Phi) is 5.53. The van der Waals surface area contributed by atoms with Gasteiger partial charge in [0, 0.05) is 12.5 Å². The Labute approximate surface area is 151 Å². The zero-order chi connectivity index (χ0) is 18.5. The van der Waals surface area contributed by atoms with Crippen LogP contribution < -0.4 is 5.32 Å². The Morgan fingerprint density at radius 2 is 1.65 bits per heavy atom. The fraction of sp³-hybridized carbons (Fsp3) is 0.300. The number of amides is 1. The van der Waals surface area contributed by atoms with Crippen LogP contribution in [0.1, 0.15) is 24.0 Å². The lowest BCUT2D eigenvalue weighted by atomic mass is 9.98. The summed E-state index contributed by atoms with van der Waals surface area (Å²) in [5.74, 6) is -1.04. The highest BCUT2D eigenvalue weighted by atomic mass is 16.5. The third-order valence-corrected chi connectivity index (χ3v) is 4.37. The minimum Gasteiger partial charge on any atom is -0.480 e. The Hall–Kier alpha value is -2.86. The minimum atomic E-state index is -1.04. The Bertz CT molecular complexity index is 759. The molecule has 0 bridgehead atoms. The van der Waals surface area contributed by atoms with Crippen LogP contribution in [0.3, 0.4) is 0 Å². The van der Waals surface area contributed by atoms with Crippen molar-refractivity contribution in [2.24, 2.45) is 0 Å². The minimum absolute atomic E-state index is 0.00818. The van der Waals surface area contributed by atoms with Gasteiger partial charge in [0.15, 0.2) is 0 Å². The summed E-state index contributed by atoms with van der Waals surface area (Å²) in [6, 6.07) is 16.3. The van der Waals surface area contributed by atoms with Gasteiger partial charge in [0.2, 0.25) is 0 Å². The number of hydrogen-bond acceptors (Lipinski definition) is 4. The first-order chi connectivity index (χ1) is 12.6. The first-order valence-electron chi connectivity index (χ1n) is 8.48. The predicted molar refractivity (Wildman–Crippen MR) is 96.1 cm³/mol.